The smallest absolute Gasteiger partial charge is 0.142 e. The zero-order valence-electron chi connectivity index (χ0n) is 8.65. The highest BCUT2D eigenvalue weighted by molar-refractivity contribution is 5.86. The zero-order valence-corrected chi connectivity index (χ0v) is 8.65. The molecule has 0 aromatic heterocycles. The first-order valence-electron chi connectivity index (χ1n) is 5.00. The van der Waals surface area contributed by atoms with E-state index in [0.717, 1.165) is 5.56 Å². The minimum Gasteiger partial charge on any atom is -0.329 e. The van der Waals surface area contributed by atoms with Gasteiger partial charge < -0.3 is 5.73 Å². The van der Waals surface area contributed by atoms with E-state index in [1.807, 2.05) is 30.3 Å². The summed E-state index contributed by atoms with van der Waals surface area (Å²) in [5.41, 5.74) is 6.58. The van der Waals surface area contributed by atoms with Crippen LogP contribution in [-0.4, -0.2) is 12.3 Å². The number of benzene rings is 1. The van der Waals surface area contributed by atoms with Gasteiger partial charge >= 0.3 is 0 Å². The highest BCUT2D eigenvalue weighted by Crippen LogP contribution is 2.17. The van der Waals surface area contributed by atoms with Gasteiger partial charge in [-0.15, -0.1) is 12.3 Å². The number of terminal acetylenes is 1. The van der Waals surface area contributed by atoms with Crippen molar-refractivity contribution in [3.05, 3.63) is 35.9 Å². The first kappa shape index (κ1) is 11.5. The highest BCUT2D eigenvalue weighted by atomic mass is 16.1. The van der Waals surface area contributed by atoms with Gasteiger partial charge in [-0.2, -0.15) is 0 Å². The van der Waals surface area contributed by atoms with Crippen LogP contribution >= 0.6 is 0 Å². The molecule has 15 heavy (non-hydrogen) atoms. The molecule has 0 heterocycles. The second-order valence-corrected chi connectivity index (χ2v) is 3.37. The molecule has 0 radical (unpaired) electrons. The van der Waals surface area contributed by atoms with E-state index in [-0.39, 0.29) is 11.7 Å². The van der Waals surface area contributed by atoms with Crippen molar-refractivity contribution in [3.63, 3.8) is 0 Å². The van der Waals surface area contributed by atoms with Crippen LogP contribution in [0.1, 0.15) is 24.3 Å². The molecule has 0 spiro atoms. The normalized spacial score (nSPS) is 11.7. The Bertz CT molecular complexity index is 351. The first-order valence-corrected chi connectivity index (χ1v) is 5.00. The molecule has 0 bridgehead atoms. The van der Waals surface area contributed by atoms with Gasteiger partial charge in [-0.25, -0.2) is 0 Å². The molecule has 1 rings (SSSR count). The molecular weight excluding hydrogens is 186 g/mol. The largest absolute Gasteiger partial charge is 0.329 e. The molecule has 2 heteroatoms. The van der Waals surface area contributed by atoms with Crippen LogP contribution < -0.4 is 5.73 Å². The Kier molecular flexibility index (Phi) is 4.59. The van der Waals surface area contributed by atoms with Gasteiger partial charge in [-0.1, -0.05) is 30.3 Å². The second kappa shape index (κ2) is 6.00. The van der Waals surface area contributed by atoms with E-state index in [0.29, 0.717) is 19.4 Å². The van der Waals surface area contributed by atoms with Crippen molar-refractivity contribution < 1.29 is 4.79 Å². The molecule has 0 amide bonds. The van der Waals surface area contributed by atoms with Crippen LogP contribution in [0.4, 0.5) is 0 Å². The Morgan fingerprint density at radius 1 is 1.40 bits per heavy atom. The lowest BCUT2D eigenvalue weighted by molar-refractivity contribution is -0.120. The van der Waals surface area contributed by atoms with Gasteiger partial charge in [0, 0.05) is 19.4 Å². The molecule has 2 nitrogen and oxygen atoms in total. The van der Waals surface area contributed by atoms with Crippen molar-refractivity contribution in [1.82, 2.24) is 0 Å². The van der Waals surface area contributed by atoms with Gasteiger partial charge in [-0.3, -0.25) is 4.79 Å². The number of hydrogen-bond acceptors (Lipinski definition) is 2. The lowest BCUT2D eigenvalue weighted by Crippen LogP contribution is -2.21. The number of nitrogens with two attached hydrogens (primary N) is 1. The third-order valence-electron chi connectivity index (χ3n) is 2.34. The highest BCUT2D eigenvalue weighted by Gasteiger charge is 2.17. The maximum Gasteiger partial charge on any atom is 0.142 e. The SMILES string of the molecule is C#CCCC(=O)C(CN)c1ccccc1. The summed E-state index contributed by atoms with van der Waals surface area (Å²) >= 11 is 0. The third-order valence-corrected chi connectivity index (χ3v) is 2.34. The zero-order chi connectivity index (χ0) is 11.1. The number of ketones is 1. The fourth-order valence-corrected chi connectivity index (χ4v) is 1.51. The Morgan fingerprint density at radius 3 is 2.60 bits per heavy atom. The average Bonchev–Trinajstić information content (AvgIpc) is 2.29. The van der Waals surface area contributed by atoms with Crippen molar-refractivity contribution in [3.8, 4) is 12.3 Å². The molecule has 0 aliphatic heterocycles. The number of hydrogen-bond donors (Lipinski definition) is 1. The Balaban J connectivity index is 2.72. The van der Waals surface area contributed by atoms with Crippen molar-refractivity contribution in [2.75, 3.05) is 6.54 Å². The monoisotopic (exact) mass is 201 g/mol. The number of carbonyl (C=O) groups is 1. The molecule has 0 saturated heterocycles. The standard InChI is InChI=1S/C13H15NO/c1-2-3-9-13(15)12(10-14)11-7-5-4-6-8-11/h1,4-8,12H,3,9-10,14H2. The van der Waals surface area contributed by atoms with E-state index in [2.05, 4.69) is 5.92 Å². The third kappa shape index (κ3) is 3.23. The molecule has 0 aliphatic carbocycles. The fourth-order valence-electron chi connectivity index (χ4n) is 1.51. The van der Waals surface area contributed by atoms with Crippen molar-refractivity contribution >= 4 is 5.78 Å². The van der Waals surface area contributed by atoms with Gasteiger partial charge in [0.05, 0.1) is 5.92 Å². The van der Waals surface area contributed by atoms with Crippen LogP contribution in [0.2, 0.25) is 0 Å². The topological polar surface area (TPSA) is 43.1 Å². The molecular formula is C13H15NO. The second-order valence-electron chi connectivity index (χ2n) is 3.37. The Labute approximate surface area is 90.5 Å². The summed E-state index contributed by atoms with van der Waals surface area (Å²) in [6.07, 6.45) is 6.02. The van der Waals surface area contributed by atoms with Crippen molar-refractivity contribution in [2.24, 2.45) is 5.73 Å². The predicted molar refractivity (Wildman–Crippen MR) is 61.3 cm³/mol. The maximum absolute atomic E-state index is 11.8. The van der Waals surface area contributed by atoms with E-state index >= 15 is 0 Å². The Morgan fingerprint density at radius 2 is 2.07 bits per heavy atom. The number of Topliss-reactive ketones (excluding diaryl/α,β-unsaturated/α-hetero) is 1. The summed E-state index contributed by atoms with van der Waals surface area (Å²) in [7, 11) is 0. The van der Waals surface area contributed by atoms with E-state index in [1.165, 1.54) is 0 Å². The minimum atomic E-state index is -0.209. The minimum absolute atomic E-state index is 0.127. The molecule has 78 valence electrons. The first-order chi connectivity index (χ1) is 7.29. The summed E-state index contributed by atoms with van der Waals surface area (Å²) in [4.78, 5) is 11.8. The average molecular weight is 201 g/mol. The van der Waals surface area contributed by atoms with Crippen LogP contribution in [-0.2, 0) is 4.79 Å². The van der Waals surface area contributed by atoms with Crippen LogP contribution in [0.25, 0.3) is 0 Å². The molecule has 1 aromatic rings. The molecule has 0 aliphatic rings. The summed E-state index contributed by atoms with van der Waals surface area (Å²) in [6, 6.07) is 9.58. The van der Waals surface area contributed by atoms with Gasteiger partial charge in [0.1, 0.15) is 5.78 Å². The quantitative estimate of drug-likeness (QED) is 0.737. The maximum atomic E-state index is 11.8. The summed E-state index contributed by atoms with van der Waals surface area (Å²) in [5.74, 6) is 2.39. The summed E-state index contributed by atoms with van der Waals surface area (Å²) < 4.78 is 0. The van der Waals surface area contributed by atoms with Gasteiger partial charge in [0.25, 0.3) is 0 Å². The van der Waals surface area contributed by atoms with Gasteiger partial charge in [0.2, 0.25) is 0 Å². The van der Waals surface area contributed by atoms with Crippen LogP contribution in [0.15, 0.2) is 30.3 Å². The summed E-state index contributed by atoms with van der Waals surface area (Å²) in [6.45, 7) is 0.341. The molecule has 1 aromatic carbocycles. The van der Waals surface area contributed by atoms with Gasteiger partial charge in [-0.05, 0) is 5.56 Å². The molecule has 1 atom stereocenters. The lowest BCUT2D eigenvalue weighted by atomic mass is 9.92. The predicted octanol–water partition coefficient (Wildman–Crippen LogP) is 1.71. The molecule has 1 unspecified atom stereocenters. The molecule has 0 fully saturated rings. The van der Waals surface area contributed by atoms with Crippen LogP contribution in [0, 0.1) is 12.3 Å². The van der Waals surface area contributed by atoms with Crippen molar-refractivity contribution in [2.45, 2.75) is 18.8 Å². The van der Waals surface area contributed by atoms with Crippen molar-refractivity contribution in [1.29, 1.82) is 0 Å². The van der Waals surface area contributed by atoms with Gasteiger partial charge in [0.15, 0.2) is 0 Å². The Hall–Kier alpha value is -1.59. The van der Waals surface area contributed by atoms with E-state index < -0.39 is 0 Å². The lowest BCUT2D eigenvalue weighted by Gasteiger charge is -2.12. The molecule has 0 saturated carbocycles. The van der Waals surface area contributed by atoms with Crippen LogP contribution in [0.5, 0.6) is 0 Å². The number of rotatable bonds is 5. The summed E-state index contributed by atoms with van der Waals surface area (Å²) in [5, 5.41) is 0. The van der Waals surface area contributed by atoms with E-state index in [4.69, 9.17) is 12.2 Å². The number of carbonyl (C=O) groups excluding carboxylic acids is 1. The van der Waals surface area contributed by atoms with E-state index in [1.54, 1.807) is 0 Å². The van der Waals surface area contributed by atoms with Crippen LogP contribution in [0.3, 0.4) is 0 Å². The van der Waals surface area contributed by atoms with E-state index in [9.17, 15) is 4.79 Å². The fraction of sp³-hybridized carbons (Fsp3) is 0.308. The molecule has 2 N–H and O–H groups in total.